The molecule has 0 spiro atoms. The fourth-order valence-corrected chi connectivity index (χ4v) is 3.70. The molecule has 37 heavy (non-hydrogen) atoms. The van der Waals surface area contributed by atoms with E-state index >= 15 is 0 Å². The zero-order valence-electron chi connectivity index (χ0n) is 20.2. The maximum absolute atomic E-state index is 14.8. The second-order valence-corrected chi connectivity index (χ2v) is 8.70. The largest absolute Gasteiger partial charge is 0.364 e. The number of aromatic nitrogens is 4. The van der Waals surface area contributed by atoms with Crippen LogP contribution in [0.5, 0.6) is 0 Å². The van der Waals surface area contributed by atoms with E-state index in [1.807, 2.05) is 13.8 Å². The van der Waals surface area contributed by atoms with Crippen molar-refractivity contribution in [2.24, 2.45) is 5.73 Å². The first kappa shape index (κ1) is 25.6. The van der Waals surface area contributed by atoms with Crippen LogP contribution in [0.2, 0.25) is 0 Å². The Hall–Kier alpha value is -4.48. The van der Waals surface area contributed by atoms with Crippen LogP contribution in [0.4, 0.5) is 18.9 Å². The van der Waals surface area contributed by atoms with E-state index in [0.29, 0.717) is 17.5 Å². The predicted molar refractivity (Wildman–Crippen MR) is 129 cm³/mol. The number of carbonyl (C=O) groups excluding carboxylic acids is 2. The molecule has 0 atom stereocenters. The molecule has 0 unspecified atom stereocenters. The van der Waals surface area contributed by atoms with Gasteiger partial charge in [-0.2, -0.15) is 13.9 Å². The molecule has 3 aromatic heterocycles. The lowest BCUT2D eigenvalue weighted by atomic mass is 10.1. The standard InChI is InChI=1S/C25H23F3N6O3/c1-5-25(27,28)22-21(13(4)34(32-22)11-15-9-18(12(2)3)33-37-15)31-24(36)17-10-20(23(29)35)30-19-8-14(26)6-7-16(17)19/h5-10,12H,1,11H2,2-4H3,(H2,29,35)(H,31,36). The lowest BCUT2D eigenvalue weighted by Crippen LogP contribution is -2.20. The first-order valence-electron chi connectivity index (χ1n) is 11.2. The number of halogens is 3. The minimum atomic E-state index is -3.59. The van der Waals surface area contributed by atoms with Gasteiger partial charge >= 0.3 is 5.92 Å². The molecule has 0 aliphatic carbocycles. The molecule has 0 saturated heterocycles. The molecule has 0 aliphatic rings. The van der Waals surface area contributed by atoms with Crippen LogP contribution >= 0.6 is 0 Å². The summed E-state index contributed by atoms with van der Waals surface area (Å²) in [7, 11) is 0. The smallest absolute Gasteiger partial charge is 0.311 e. The molecular weight excluding hydrogens is 489 g/mol. The van der Waals surface area contributed by atoms with Gasteiger partial charge in [0.2, 0.25) is 0 Å². The molecule has 192 valence electrons. The Morgan fingerprint density at radius 2 is 2.00 bits per heavy atom. The number of carbonyl (C=O) groups is 2. The van der Waals surface area contributed by atoms with Gasteiger partial charge in [-0.25, -0.2) is 9.37 Å². The molecule has 2 amide bonds. The van der Waals surface area contributed by atoms with Crippen LogP contribution in [-0.2, 0) is 12.5 Å². The average molecular weight is 512 g/mol. The Balaban J connectivity index is 1.78. The molecule has 4 aromatic rings. The minimum absolute atomic E-state index is 0.00297. The number of hydrogen-bond acceptors (Lipinski definition) is 6. The Labute approximate surface area is 209 Å². The quantitative estimate of drug-likeness (QED) is 0.330. The van der Waals surface area contributed by atoms with Gasteiger partial charge in [0.05, 0.1) is 28.2 Å². The summed E-state index contributed by atoms with van der Waals surface area (Å²) in [6, 6.07) is 6.24. The fraction of sp³-hybridized carbons (Fsp3) is 0.240. The van der Waals surface area contributed by atoms with Gasteiger partial charge in [-0.1, -0.05) is 25.6 Å². The number of benzene rings is 1. The number of nitrogens with two attached hydrogens (primary N) is 1. The van der Waals surface area contributed by atoms with E-state index in [9.17, 15) is 22.8 Å². The van der Waals surface area contributed by atoms with Crippen molar-refractivity contribution in [3.63, 3.8) is 0 Å². The zero-order valence-corrected chi connectivity index (χ0v) is 20.2. The highest BCUT2D eigenvalue weighted by Gasteiger charge is 2.36. The monoisotopic (exact) mass is 512 g/mol. The molecule has 0 saturated carbocycles. The number of amides is 2. The summed E-state index contributed by atoms with van der Waals surface area (Å²) in [6.07, 6.45) is 0.413. The Morgan fingerprint density at radius 1 is 1.27 bits per heavy atom. The number of fused-ring (bicyclic) bond motifs is 1. The number of alkyl halides is 2. The van der Waals surface area contributed by atoms with Crippen LogP contribution < -0.4 is 11.1 Å². The highest BCUT2D eigenvalue weighted by molar-refractivity contribution is 6.14. The van der Waals surface area contributed by atoms with Crippen LogP contribution in [0.25, 0.3) is 10.9 Å². The summed E-state index contributed by atoms with van der Waals surface area (Å²) >= 11 is 0. The van der Waals surface area contributed by atoms with Crippen molar-refractivity contribution < 1.29 is 27.3 Å². The molecule has 0 radical (unpaired) electrons. The topological polar surface area (TPSA) is 129 Å². The van der Waals surface area contributed by atoms with Crippen molar-refractivity contribution in [3.8, 4) is 0 Å². The van der Waals surface area contributed by atoms with Crippen molar-refractivity contribution in [2.75, 3.05) is 5.32 Å². The van der Waals surface area contributed by atoms with Crippen LogP contribution in [0, 0.1) is 12.7 Å². The van der Waals surface area contributed by atoms with Crippen LogP contribution in [0.15, 0.2) is 47.5 Å². The number of hydrogen-bond donors (Lipinski definition) is 2. The van der Waals surface area contributed by atoms with Gasteiger partial charge in [0.1, 0.15) is 18.1 Å². The second kappa shape index (κ2) is 9.52. The Morgan fingerprint density at radius 3 is 2.62 bits per heavy atom. The highest BCUT2D eigenvalue weighted by Crippen LogP contribution is 2.36. The highest BCUT2D eigenvalue weighted by atomic mass is 19.3. The van der Waals surface area contributed by atoms with Crippen molar-refractivity contribution in [3.05, 3.63) is 82.9 Å². The first-order valence-corrected chi connectivity index (χ1v) is 11.2. The molecular formula is C25H23F3N6O3. The Kier molecular flexibility index (Phi) is 6.59. The predicted octanol–water partition coefficient (Wildman–Crippen LogP) is 4.67. The third-order valence-corrected chi connectivity index (χ3v) is 5.76. The molecule has 3 N–H and O–H groups in total. The van der Waals surface area contributed by atoms with Gasteiger partial charge in [0, 0.05) is 17.5 Å². The summed E-state index contributed by atoms with van der Waals surface area (Å²) in [5.41, 5.74) is 4.80. The number of nitrogens with one attached hydrogen (secondary N) is 1. The van der Waals surface area contributed by atoms with Gasteiger partial charge in [-0.05, 0) is 37.1 Å². The number of allylic oxidation sites excluding steroid dienone is 1. The molecule has 9 nitrogen and oxygen atoms in total. The van der Waals surface area contributed by atoms with E-state index in [2.05, 4.69) is 27.1 Å². The van der Waals surface area contributed by atoms with Crippen molar-refractivity contribution in [1.82, 2.24) is 19.9 Å². The lowest BCUT2D eigenvalue weighted by molar-refractivity contribution is 0.0476. The van der Waals surface area contributed by atoms with Crippen LogP contribution in [-0.4, -0.2) is 31.7 Å². The molecule has 3 heterocycles. The third kappa shape index (κ3) is 4.95. The normalized spacial score (nSPS) is 11.8. The van der Waals surface area contributed by atoms with E-state index in [1.54, 1.807) is 6.07 Å². The number of anilines is 1. The van der Waals surface area contributed by atoms with Gasteiger partial charge in [-0.3, -0.25) is 14.3 Å². The van der Waals surface area contributed by atoms with E-state index in [-0.39, 0.29) is 46.0 Å². The summed E-state index contributed by atoms with van der Waals surface area (Å²) in [5, 5.41) is 10.6. The fourth-order valence-electron chi connectivity index (χ4n) is 3.70. The third-order valence-electron chi connectivity index (χ3n) is 5.76. The SMILES string of the molecule is C=CC(F)(F)c1nn(Cc2cc(C(C)C)no2)c(C)c1NC(=O)c1cc(C(N)=O)nc2cc(F)ccc12. The molecule has 4 rings (SSSR count). The zero-order chi connectivity index (χ0) is 27.1. The number of primary amides is 1. The number of rotatable bonds is 8. The van der Waals surface area contributed by atoms with Crippen LogP contribution in [0.1, 0.15) is 63.5 Å². The molecule has 12 heteroatoms. The maximum atomic E-state index is 14.8. The summed E-state index contributed by atoms with van der Waals surface area (Å²) in [6.45, 7) is 8.51. The van der Waals surface area contributed by atoms with Crippen LogP contribution in [0.3, 0.4) is 0 Å². The summed E-state index contributed by atoms with van der Waals surface area (Å²) < 4.78 is 50.0. The lowest BCUT2D eigenvalue weighted by Gasteiger charge is -2.13. The number of nitrogens with zero attached hydrogens (tertiary/aromatic N) is 4. The molecule has 0 aliphatic heterocycles. The van der Waals surface area contributed by atoms with Crippen molar-refractivity contribution in [1.29, 1.82) is 0 Å². The second-order valence-electron chi connectivity index (χ2n) is 8.70. The average Bonchev–Trinajstić information content (AvgIpc) is 3.44. The summed E-state index contributed by atoms with van der Waals surface area (Å²) in [5.74, 6) is -5.56. The van der Waals surface area contributed by atoms with E-state index < -0.39 is 29.2 Å². The molecule has 0 fully saturated rings. The maximum Gasteiger partial charge on any atom is 0.311 e. The van der Waals surface area contributed by atoms with E-state index in [1.165, 1.54) is 17.7 Å². The van der Waals surface area contributed by atoms with Crippen molar-refractivity contribution in [2.45, 2.75) is 39.2 Å². The van der Waals surface area contributed by atoms with Gasteiger partial charge < -0.3 is 15.6 Å². The van der Waals surface area contributed by atoms with E-state index in [0.717, 1.165) is 18.2 Å². The van der Waals surface area contributed by atoms with Gasteiger partial charge in [0.25, 0.3) is 11.8 Å². The van der Waals surface area contributed by atoms with Gasteiger partial charge in [-0.15, -0.1) is 0 Å². The first-order chi connectivity index (χ1) is 17.4. The van der Waals surface area contributed by atoms with E-state index in [4.69, 9.17) is 10.3 Å². The minimum Gasteiger partial charge on any atom is -0.364 e. The summed E-state index contributed by atoms with van der Waals surface area (Å²) in [4.78, 5) is 29.1. The number of pyridine rings is 1. The molecule has 0 bridgehead atoms. The molecule has 1 aromatic carbocycles. The Bertz CT molecular complexity index is 1540. The van der Waals surface area contributed by atoms with Crippen molar-refractivity contribution >= 4 is 28.4 Å². The van der Waals surface area contributed by atoms with Gasteiger partial charge in [0.15, 0.2) is 11.5 Å².